The normalized spacial score (nSPS) is 57.1. The molecule has 180 valence electrons. The molecule has 0 aliphatic heterocycles. The second-order valence-electron chi connectivity index (χ2n) is 15.2. The van der Waals surface area contributed by atoms with Gasteiger partial charge in [-0.15, -0.1) is 0 Å². The van der Waals surface area contributed by atoms with Gasteiger partial charge in [-0.05, 0) is 96.2 Å². The summed E-state index contributed by atoms with van der Waals surface area (Å²) in [6, 6.07) is 0. The van der Waals surface area contributed by atoms with E-state index < -0.39 is 0 Å². The molecule has 9 atom stereocenters. The molecule has 0 heterocycles. The van der Waals surface area contributed by atoms with Gasteiger partial charge in [-0.25, -0.2) is 0 Å². The van der Waals surface area contributed by atoms with Crippen LogP contribution in [0, 0.1) is 56.2 Å². The molecule has 5 aliphatic rings. The van der Waals surface area contributed by atoms with E-state index in [9.17, 15) is 9.59 Å². The summed E-state index contributed by atoms with van der Waals surface area (Å²) >= 11 is 0. The Balaban J connectivity index is 1.60. The van der Waals surface area contributed by atoms with Gasteiger partial charge < -0.3 is 0 Å². The Morgan fingerprint density at radius 1 is 0.719 bits per heavy atom. The van der Waals surface area contributed by atoms with Gasteiger partial charge >= 0.3 is 0 Å². The molecule has 0 aromatic heterocycles. The van der Waals surface area contributed by atoms with Crippen LogP contribution in [0.4, 0.5) is 0 Å². The lowest BCUT2D eigenvalue weighted by molar-refractivity contribution is -0.244. The van der Waals surface area contributed by atoms with Crippen LogP contribution in [0.5, 0.6) is 0 Å². The quantitative estimate of drug-likeness (QED) is 0.388. The molecule has 0 bridgehead atoms. The maximum absolute atomic E-state index is 14.4. The van der Waals surface area contributed by atoms with Crippen molar-refractivity contribution in [3.63, 3.8) is 0 Å². The third-order valence-corrected chi connectivity index (χ3v) is 13.5. The number of fused-ring (bicyclic) bond motifs is 7. The van der Waals surface area contributed by atoms with Crippen molar-refractivity contribution >= 4 is 11.6 Å². The molecule has 0 saturated heterocycles. The van der Waals surface area contributed by atoms with Gasteiger partial charge in [-0.1, -0.05) is 55.4 Å². The van der Waals surface area contributed by atoms with Gasteiger partial charge in [0.15, 0.2) is 0 Å². The van der Waals surface area contributed by atoms with Crippen LogP contribution in [-0.4, -0.2) is 11.6 Å². The minimum Gasteiger partial charge on any atom is -0.299 e. The second-order valence-corrected chi connectivity index (χ2v) is 15.2. The molecule has 0 aromatic carbocycles. The largest absolute Gasteiger partial charge is 0.299 e. The molecule has 0 amide bonds. The first-order valence-corrected chi connectivity index (χ1v) is 13.7. The summed E-state index contributed by atoms with van der Waals surface area (Å²) in [6.45, 7) is 19.5. The van der Waals surface area contributed by atoms with Crippen molar-refractivity contribution in [3.05, 3.63) is 0 Å². The Bertz CT molecular complexity index is 857. The fraction of sp³-hybridized carbons (Fsp3) is 0.933. The summed E-state index contributed by atoms with van der Waals surface area (Å²) in [6.07, 6.45) is 11.2. The van der Waals surface area contributed by atoms with Crippen LogP contribution in [0.3, 0.4) is 0 Å². The van der Waals surface area contributed by atoms with Gasteiger partial charge in [0.25, 0.3) is 0 Å². The number of hydrogen-bond acceptors (Lipinski definition) is 2. The summed E-state index contributed by atoms with van der Waals surface area (Å²) < 4.78 is 0. The zero-order chi connectivity index (χ0) is 23.5. The van der Waals surface area contributed by atoms with Crippen molar-refractivity contribution < 1.29 is 9.59 Å². The van der Waals surface area contributed by atoms with Crippen molar-refractivity contribution in [2.45, 2.75) is 120 Å². The number of hydrogen-bond donors (Lipinski definition) is 0. The van der Waals surface area contributed by atoms with E-state index in [4.69, 9.17) is 0 Å². The Morgan fingerprint density at radius 3 is 2.06 bits per heavy atom. The molecular formula is C30H48O2. The molecule has 32 heavy (non-hydrogen) atoms. The Hall–Kier alpha value is -0.660. The molecule has 0 aromatic rings. The first-order chi connectivity index (χ1) is 14.6. The number of carbonyl (C=O) groups excluding carboxylic acids is 2. The van der Waals surface area contributed by atoms with E-state index >= 15 is 0 Å². The third-order valence-electron chi connectivity index (χ3n) is 13.5. The van der Waals surface area contributed by atoms with E-state index in [0.717, 1.165) is 25.7 Å². The molecule has 5 aliphatic carbocycles. The van der Waals surface area contributed by atoms with Crippen LogP contribution < -0.4 is 0 Å². The SMILES string of the molecule is CC1C(=O)CCC2C1(C)CCC1C2(C)C(=O)CC2(C)C3CC(C)(C)CCC3(C)CCC12C. The molecule has 5 fully saturated rings. The van der Waals surface area contributed by atoms with Crippen LogP contribution in [0.2, 0.25) is 0 Å². The zero-order valence-corrected chi connectivity index (χ0v) is 22.2. The number of Topliss-reactive ketones (excluding diaryl/α,β-unsaturated/α-hetero) is 2. The monoisotopic (exact) mass is 440 g/mol. The van der Waals surface area contributed by atoms with Crippen molar-refractivity contribution in [3.8, 4) is 0 Å². The van der Waals surface area contributed by atoms with Crippen LogP contribution in [0.1, 0.15) is 120 Å². The highest BCUT2D eigenvalue weighted by Gasteiger charge is 2.73. The van der Waals surface area contributed by atoms with Gasteiger partial charge in [0.05, 0.1) is 0 Å². The van der Waals surface area contributed by atoms with Gasteiger partial charge in [0.2, 0.25) is 0 Å². The molecule has 0 spiro atoms. The maximum atomic E-state index is 14.4. The fourth-order valence-electron chi connectivity index (χ4n) is 10.9. The van der Waals surface area contributed by atoms with Crippen LogP contribution in [-0.2, 0) is 9.59 Å². The van der Waals surface area contributed by atoms with E-state index in [2.05, 4.69) is 55.4 Å². The Kier molecular flexibility index (Phi) is 4.70. The predicted octanol–water partition coefficient (Wildman–Crippen LogP) is 7.64. The minimum absolute atomic E-state index is 0.00362. The van der Waals surface area contributed by atoms with E-state index in [1.807, 2.05) is 0 Å². The second kappa shape index (κ2) is 6.51. The van der Waals surface area contributed by atoms with Crippen molar-refractivity contribution in [2.24, 2.45) is 56.2 Å². The highest BCUT2D eigenvalue weighted by molar-refractivity contribution is 5.89. The van der Waals surface area contributed by atoms with Crippen LogP contribution >= 0.6 is 0 Å². The Labute approximate surface area is 197 Å². The van der Waals surface area contributed by atoms with Crippen molar-refractivity contribution in [1.29, 1.82) is 0 Å². The molecule has 0 N–H and O–H groups in total. The molecule has 5 saturated carbocycles. The van der Waals surface area contributed by atoms with Gasteiger partial charge in [0.1, 0.15) is 11.6 Å². The maximum Gasteiger partial charge on any atom is 0.139 e. The van der Waals surface area contributed by atoms with Gasteiger partial charge in [0, 0.05) is 24.2 Å². The molecular weight excluding hydrogens is 392 g/mol. The first kappa shape index (κ1) is 23.1. The molecule has 2 nitrogen and oxygen atoms in total. The number of rotatable bonds is 0. The fourth-order valence-corrected chi connectivity index (χ4v) is 10.9. The molecule has 0 radical (unpaired) electrons. The smallest absolute Gasteiger partial charge is 0.139 e. The van der Waals surface area contributed by atoms with E-state index in [1.54, 1.807) is 0 Å². The number of ketones is 2. The molecule has 9 unspecified atom stereocenters. The topological polar surface area (TPSA) is 34.1 Å². The summed E-state index contributed by atoms with van der Waals surface area (Å²) in [7, 11) is 0. The summed E-state index contributed by atoms with van der Waals surface area (Å²) in [4.78, 5) is 27.1. The van der Waals surface area contributed by atoms with Crippen molar-refractivity contribution in [2.75, 3.05) is 0 Å². The predicted molar refractivity (Wildman–Crippen MR) is 130 cm³/mol. The lowest BCUT2D eigenvalue weighted by atomic mass is 9.30. The Morgan fingerprint density at radius 2 is 1.38 bits per heavy atom. The first-order valence-electron chi connectivity index (χ1n) is 13.7. The average molecular weight is 441 g/mol. The van der Waals surface area contributed by atoms with Crippen molar-refractivity contribution in [1.82, 2.24) is 0 Å². The van der Waals surface area contributed by atoms with Gasteiger partial charge in [-0.2, -0.15) is 0 Å². The summed E-state index contributed by atoms with van der Waals surface area (Å²) in [5.41, 5.74) is 0.846. The van der Waals surface area contributed by atoms with E-state index in [0.29, 0.717) is 46.6 Å². The van der Waals surface area contributed by atoms with E-state index in [-0.39, 0.29) is 27.6 Å². The standard InChI is InChI=1S/C30H48O2/c1-19-20(31)9-10-21-27(19,5)12-11-22-28(6)16-15-26(4)14-13-25(2,3)17-23(26)29(28,7)18-24(32)30(21,22)8/h19,21-23H,9-18H2,1-8H3. The lowest BCUT2D eigenvalue weighted by Crippen LogP contribution is -2.70. The minimum atomic E-state index is -0.256. The molecule has 2 heteroatoms. The summed E-state index contributed by atoms with van der Waals surface area (Å²) in [5, 5.41) is 0. The zero-order valence-electron chi connectivity index (χ0n) is 22.2. The summed E-state index contributed by atoms with van der Waals surface area (Å²) in [5.74, 6) is 2.56. The van der Waals surface area contributed by atoms with Crippen LogP contribution in [0.15, 0.2) is 0 Å². The lowest BCUT2D eigenvalue weighted by Gasteiger charge is -2.74. The average Bonchev–Trinajstić information content (AvgIpc) is 2.70. The highest BCUT2D eigenvalue weighted by Crippen LogP contribution is 2.77. The number of carbonyl (C=O) groups is 2. The van der Waals surface area contributed by atoms with E-state index in [1.165, 1.54) is 32.1 Å². The third kappa shape index (κ3) is 2.59. The van der Waals surface area contributed by atoms with Crippen LogP contribution in [0.25, 0.3) is 0 Å². The van der Waals surface area contributed by atoms with Gasteiger partial charge in [-0.3, -0.25) is 9.59 Å². The molecule has 5 rings (SSSR count). The highest BCUT2D eigenvalue weighted by atomic mass is 16.1.